The van der Waals surface area contributed by atoms with Gasteiger partial charge in [-0.2, -0.15) is 4.39 Å². The minimum atomic E-state index is -0.956. The molecule has 1 aromatic carbocycles. The van der Waals surface area contributed by atoms with Crippen LogP contribution in [0.3, 0.4) is 0 Å². The van der Waals surface area contributed by atoms with Gasteiger partial charge in [0.15, 0.2) is 11.6 Å². The summed E-state index contributed by atoms with van der Waals surface area (Å²) in [5.41, 5.74) is 0.635. The van der Waals surface area contributed by atoms with E-state index in [1.54, 1.807) is 0 Å². The molecule has 5 heteroatoms. The Hall–Kier alpha value is -1.20. The third-order valence-electron chi connectivity index (χ3n) is 2.56. The Morgan fingerprint density at radius 3 is 2.88 bits per heavy atom. The minimum Gasteiger partial charge on any atom is -0.494 e. The molecule has 0 aliphatic carbocycles. The highest BCUT2D eigenvalue weighted by atomic mass is 19.2. The second kappa shape index (κ2) is 4.76. The lowest BCUT2D eigenvalue weighted by Crippen LogP contribution is -2.34. The third-order valence-corrected chi connectivity index (χ3v) is 2.56. The molecule has 0 aromatic heterocycles. The van der Waals surface area contributed by atoms with Crippen molar-refractivity contribution in [3.05, 3.63) is 29.3 Å². The number of hydrogen-bond donors (Lipinski definition) is 1. The quantitative estimate of drug-likeness (QED) is 0.836. The van der Waals surface area contributed by atoms with Crippen molar-refractivity contribution in [3.8, 4) is 5.75 Å². The Balaban J connectivity index is 2.29. The van der Waals surface area contributed by atoms with Crippen LogP contribution < -0.4 is 10.1 Å². The molecule has 1 aromatic rings. The van der Waals surface area contributed by atoms with Crippen molar-refractivity contribution >= 4 is 0 Å². The summed E-state index contributed by atoms with van der Waals surface area (Å²) >= 11 is 0. The van der Waals surface area contributed by atoms with Crippen LogP contribution >= 0.6 is 0 Å². The van der Waals surface area contributed by atoms with Crippen LogP contribution in [0.1, 0.15) is 11.6 Å². The molecule has 0 spiro atoms. The van der Waals surface area contributed by atoms with Crippen molar-refractivity contribution < 1.29 is 18.3 Å². The lowest BCUT2D eigenvalue weighted by molar-refractivity contribution is 0.0767. The zero-order chi connectivity index (χ0) is 11.5. The molecule has 1 saturated heterocycles. The molecule has 3 nitrogen and oxygen atoms in total. The predicted molar refractivity (Wildman–Crippen MR) is 54.5 cm³/mol. The van der Waals surface area contributed by atoms with Crippen molar-refractivity contribution in [2.75, 3.05) is 26.9 Å². The molecule has 1 aliphatic rings. The van der Waals surface area contributed by atoms with Crippen LogP contribution in [0.15, 0.2) is 12.1 Å². The maximum atomic E-state index is 13.3. The lowest BCUT2D eigenvalue weighted by Gasteiger charge is -2.24. The maximum Gasteiger partial charge on any atom is 0.200 e. The number of nitrogens with one attached hydrogen (secondary N) is 1. The van der Waals surface area contributed by atoms with E-state index in [0.717, 1.165) is 0 Å². The first-order chi connectivity index (χ1) is 7.72. The number of halogens is 2. The summed E-state index contributed by atoms with van der Waals surface area (Å²) in [4.78, 5) is 0. The maximum absolute atomic E-state index is 13.3. The number of ether oxygens (including phenoxy) is 2. The van der Waals surface area contributed by atoms with Crippen LogP contribution in [0.5, 0.6) is 5.75 Å². The second-order valence-electron chi connectivity index (χ2n) is 3.60. The summed E-state index contributed by atoms with van der Waals surface area (Å²) < 4.78 is 36.5. The van der Waals surface area contributed by atoms with E-state index in [1.165, 1.54) is 19.2 Å². The van der Waals surface area contributed by atoms with Gasteiger partial charge in [-0.25, -0.2) is 4.39 Å². The zero-order valence-corrected chi connectivity index (χ0v) is 8.93. The highest BCUT2D eigenvalue weighted by Crippen LogP contribution is 2.26. The molecular weight excluding hydrogens is 216 g/mol. The smallest absolute Gasteiger partial charge is 0.200 e. The van der Waals surface area contributed by atoms with Gasteiger partial charge in [0, 0.05) is 6.54 Å². The van der Waals surface area contributed by atoms with Crippen LogP contribution in [0.4, 0.5) is 8.78 Å². The van der Waals surface area contributed by atoms with Gasteiger partial charge in [-0.1, -0.05) is 0 Å². The molecule has 0 radical (unpaired) electrons. The summed E-state index contributed by atoms with van der Waals surface area (Å²) in [5.74, 6) is -1.94. The monoisotopic (exact) mass is 229 g/mol. The molecular formula is C11H13F2NO2. The first-order valence-corrected chi connectivity index (χ1v) is 5.06. The Bertz CT molecular complexity index is 378. The van der Waals surface area contributed by atoms with E-state index in [2.05, 4.69) is 5.32 Å². The number of hydrogen-bond acceptors (Lipinski definition) is 3. The van der Waals surface area contributed by atoms with Gasteiger partial charge in [0.1, 0.15) is 0 Å². The van der Waals surface area contributed by atoms with Gasteiger partial charge in [0.05, 0.1) is 26.4 Å². The third kappa shape index (κ3) is 2.15. The fraction of sp³-hybridized carbons (Fsp3) is 0.455. The Morgan fingerprint density at radius 2 is 2.25 bits per heavy atom. The van der Waals surface area contributed by atoms with E-state index in [-0.39, 0.29) is 11.8 Å². The van der Waals surface area contributed by atoms with Crippen LogP contribution in [0.2, 0.25) is 0 Å². The molecule has 0 saturated carbocycles. The van der Waals surface area contributed by atoms with Gasteiger partial charge < -0.3 is 14.8 Å². The van der Waals surface area contributed by atoms with Crippen molar-refractivity contribution in [3.63, 3.8) is 0 Å². The van der Waals surface area contributed by atoms with E-state index in [4.69, 9.17) is 9.47 Å². The summed E-state index contributed by atoms with van der Waals surface area (Å²) in [7, 11) is 1.31. The first-order valence-electron chi connectivity index (χ1n) is 5.06. The van der Waals surface area contributed by atoms with E-state index in [9.17, 15) is 8.78 Å². The van der Waals surface area contributed by atoms with Crippen molar-refractivity contribution in [1.82, 2.24) is 5.32 Å². The molecule has 0 bridgehead atoms. The number of rotatable bonds is 2. The van der Waals surface area contributed by atoms with E-state index < -0.39 is 11.6 Å². The molecule has 16 heavy (non-hydrogen) atoms. The van der Waals surface area contributed by atoms with E-state index in [1.807, 2.05) is 0 Å². The molecule has 1 aliphatic heterocycles. The van der Waals surface area contributed by atoms with Crippen LogP contribution in [0, 0.1) is 11.6 Å². The standard InChI is InChI=1S/C11H13F2NO2/c1-15-10-5-7(4-8(12)11(10)13)9-6-16-3-2-14-9/h4-5,9,14H,2-3,6H2,1H3. The van der Waals surface area contributed by atoms with Crippen molar-refractivity contribution in [2.24, 2.45) is 0 Å². The average molecular weight is 229 g/mol. The largest absolute Gasteiger partial charge is 0.494 e. The Labute approximate surface area is 92.4 Å². The topological polar surface area (TPSA) is 30.5 Å². The van der Waals surface area contributed by atoms with E-state index >= 15 is 0 Å². The fourth-order valence-corrected chi connectivity index (χ4v) is 1.71. The fourth-order valence-electron chi connectivity index (χ4n) is 1.71. The molecule has 1 N–H and O–H groups in total. The average Bonchev–Trinajstić information content (AvgIpc) is 2.33. The van der Waals surface area contributed by atoms with Gasteiger partial charge in [-0.3, -0.25) is 0 Å². The first kappa shape index (κ1) is 11.3. The van der Waals surface area contributed by atoms with Gasteiger partial charge in [0.25, 0.3) is 0 Å². The Morgan fingerprint density at radius 1 is 1.44 bits per heavy atom. The number of methoxy groups -OCH3 is 1. The van der Waals surface area contributed by atoms with Gasteiger partial charge >= 0.3 is 0 Å². The highest BCUT2D eigenvalue weighted by Gasteiger charge is 2.19. The van der Waals surface area contributed by atoms with Gasteiger partial charge in [0.2, 0.25) is 5.82 Å². The van der Waals surface area contributed by atoms with Crippen molar-refractivity contribution in [1.29, 1.82) is 0 Å². The minimum absolute atomic E-state index is 0.0811. The number of morpholine rings is 1. The molecule has 2 rings (SSSR count). The van der Waals surface area contributed by atoms with Crippen molar-refractivity contribution in [2.45, 2.75) is 6.04 Å². The molecule has 1 atom stereocenters. The summed E-state index contributed by atoms with van der Waals surface area (Å²) in [6.45, 7) is 1.79. The Kier molecular flexibility index (Phi) is 3.36. The summed E-state index contributed by atoms with van der Waals surface area (Å²) in [5, 5.41) is 3.16. The van der Waals surface area contributed by atoms with Crippen LogP contribution in [-0.4, -0.2) is 26.9 Å². The second-order valence-corrected chi connectivity index (χ2v) is 3.60. The molecule has 88 valence electrons. The molecule has 0 amide bonds. The van der Waals surface area contributed by atoms with Gasteiger partial charge in [-0.05, 0) is 17.7 Å². The normalized spacial score (nSPS) is 20.8. The van der Waals surface area contributed by atoms with Crippen LogP contribution in [0.25, 0.3) is 0 Å². The van der Waals surface area contributed by atoms with E-state index in [0.29, 0.717) is 25.3 Å². The molecule has 1 unspecified atom stereocenters. The summed E-state index contributed by atoms with van der Waals surface area (Å²) in [6, 6.07) is 2.55. The molecule has 1 fully saturated rings. The lowest BCUT2D eigenvalue weighted by atomic mass is 10.1. The van der Waals surface area contributed by atoms with Crippen LogP contribution in [-0.2, 0) is 4.74 Å². The SMILES string of the molecule is COc1cc(C2COCCN2)cc(F)c1F. The molecule has 1 heterocycles. The zero-order valence-electron chi connectivity index (χ0n) is 8.93. The number of benzene rings is 1. The summed E-state index contributed by atoms with van der Waals surface area (Å²) in [6.07, 6.45) is 0. The highest BCUT2D eigenvalue weighted by molar-refractivity contribution is 5.33. The predicted octanol–water partition coefficient (Wildman–Crippen LogP) is 1.63. The van der Waals surface area contributed by atoms with Gasteiger partial charge in [-0.15, -0.1) is 0 Å².